The number of rotatable bonds is 3. The molecule has 0 atom stereocenters. The average Bonchev–Trinajstić information content (AvgIpc) is 2.85. The van der Waals surface area contributed by atoms with E-state index in [0.717, 1.165) is 29.9 Å². The Hall–Kier alpha value is -2.36. The lowest BCUT2D eigenvalue weighted by atomic mass is 9.87. The number of pyridine rings is 1. The van der Waals surface area contributed by atoms with Crippen LogP contribution in [0.2, 0.25) is 0 Å². The van der Waals surface area contributed by atoms with Crippen LogP contribution in [0, 0.1) is 19.3 Å². The normalized spacial score (nSPS) is 15.1. The summed E-state index contributed by atoms with van der Waals surface area (Å²) in [7, 11) is 0. The van der Waals surface area contributed by atoms with Crippen molar-refractivity contribution in [3.8, 4) is 0 Å². The number of aromatic nitrogens is 1. The molecule has 0 radical (unpaired) electrons. The van der Waals surface area contributed by atoms with E-state index in [1.165, 1.54) is 11.1 Å². The van der Waals surface area contributed by atoms with Crippen molar-refractivity contribution < 1.29 is 4.79 Å². The van der Waals surface area contributed by atoms with Gasteiger partial charge < -0.3 is 10.6 Å². The second-order valence-electron chi connectivity index (χ2n) is 6.83. The van der Waals surface area contributed by atoms with E-state index in [2.05, 4.69) is 46.8 Å². The van der Waals surface area contributed by atoms with Crippen LogP contribution in [0.25, 0.3) is 0 Å². The molecule has 0 saturated heterocycles. The lowest BCUT2D eigenvalue weighted by molar-refractivity contribution is 0.243. The van der Waals surface area contributed by atoms with E-state index in [9.17, 15) is 4.79 Å². The SMILES string of the molecule is Cc1ccc(NC(=O)NCC2(C)Cc3ccccc3C2)c(C)n1. The highest BCUT2D eigenvalue weighted by Crippen LogP contribution is 2.35. The summed E-state index contributed by atoms with van der Waals surface area (Å²) in [5.74, 6) is 0. The minimum Gasteiger partial charge on any atom is -0.337 e. The van der Waals surface area contributed by atoms with Gasteiger partial charge in [-0.3, -0.25) is 4.98 Å². The van der Waals surface area contributed by atoms with Crippen molar-refractivity contribution in [2.45, 2.75) is 33.6 Å². The van der Waals surface area contributed by atoms with Crippen molar-refractivity contribution in [3.05, 3.63) is 58.9 Å². The molecule has 1 aromatic heterocycles. The van der Waals surface area contributed by atoms with Gasteiger partial charge in [0.2, 0.25) is 0 Å². The number of anilines is 1. The van der Waals surface area contributed by atoms with E-state index < -0.39 is 0 Å². The summed E-state index contributed by atoms with van der Waals surface area (Å²) >= 11 is 0. The van der Waals surface area contributed by atoms with Crippen LogP contribution in [-0.2, 0) is 12.8 Å². The highest BCUT2D eigenvalue weighted by Gasteiger charge is 2.32. The summed E-state index contributed by atoms with van der Waals surface area (Å²) in [5.41, 5.74) is 5.42. The van der Waals surface area contributed by atoms with Gasteiger partial charge in [-0.15, -0.1) is 0 Å². The molecule has 0 bridgehead atoms. The molecule has 4 heteroatoms. The standard InChI is InChI=1S/C19H23N3O/c1-13-8-9-17(14(2)21-13)22-18(23)20-12-19(3)10-15-6-4-5-7-16(15)11-19/h4-9H,10-12H2,1-3H3,(H2,20,22,23). The molecule has 1 aliphatic carbocycles. The number of amides is 2. The fourth-order valence-electron chi connectivity index (χ4n) is 3.29. The number of carbonyl (C=O) groups is 1. The molecule has 1 heterocycles. The van der Waals surface area contributed by atoms with Crippen LogP contribution in [0.5, 0.6) is 0 Å². The summed E-state index contributed by atoms with van der Waals surface area (Å²) in [6, 6.07) is 12.2. The summed E-state index contributed by atoms with van der Waals surface area (Å²) in [5, 5.41) is 5.90. The van der Waals surface area contributed by atoms with E-state index in [1.54, 1.807) is 0 Å². The number of fused-ring (bicyclic) bond motifs is 1. The summed E-state index contributed by atoms with van der Waals surface area (Å²) in [6.45, 7) is 6.73. The third kappa shape index (κ3) is 3.52. The highest BCUT2D eigenvalue weighted by atomic mass is 16.2. The van der Waals surface area contributed by atoms with Crippen LogP contribution in [0.1, 0.15) is 29.4 Å². The van der Waals surface area contributed by atoms with Crippen molar-refractivity contribution >= 4 is 11.7 Å². The first-order valence-electron chi connectivity index (χ1n) is 8.01. The predicted molar refractivity (Wildman–Crippen MR) is 92.7 cm³/mol. The minimum absolute atomic E-state index is 0.0849. The molecule has 1 aliphatic rings. The Bertz CT molecular complexity index is 714. The first-order chi connectivity index (χ1) is 11.0. The Kier molecular flexibility index (Phi) is 4.07. The molecule has 23 heavy (non-hydrogen) atoms. The molecule has 0 aliphatic heterocycles. The molecule has 0 saturated carbocycles. The van der Waals surface area contributed by atoms with Gasteiger partial charge in [0.15, 0.2) is 0 Å². The highest BCUT2D eigenvalue weighted by molar-refractivity contribution is 5.89. The van der Waals surface area contributed by atoms with Gasteiger partial charge in [-0.05, 0) is 55.4 Å². The maximum absolute atomic E-state index is 12.2. The van der Waals surface area contributed by atoms with Gasteiger partial charge in [-0.25, -0.2) is 4.79 Å². The smallest absolute Gasteiger partial charge is 0.319 e. The number of nitrogens with zero attached hydrogens (tertiary/aromatic N) is 1. The fourth-order valence-corrected chi connectivity index (χ4v) is 3.29. The Morgan fingerprint density at radius 2 is 1.78 bits per heavy atom. The zero-order valence-electron chi connectivity index (χ0n) is 13.9. The van der Waals surface area contributed by atoms with Gasteiger partial charge in [0.25, 0.3) is 0 Å². The third-order valence-electron chi connectivity index (χ3n) is 4.50. The first-order valence-corrected chi connectivity index (χ1v) is 8.01. The molecule has 0 spiro atoms. The van der Waals surface area contributed by atoms with Crippen molar-refractivity contribution in [1.29, 1.82) is 0 Å². The van der Waals surface area contributed by atoms with Crippen molar-refractivity contribution in [3.63, 3.8) is 0 Å². The maximum Gasteiger partial charge on any atom is 0.319 e. The first kappa shape index (κ1) is 15.5. The van der Waals surface area contributed by atoms with Crippen molar-refractivity contribution in [2.75, 3.05) is 11.9 Å². The van der Waals surface area contributed by atoms with Crippen LogP contribution in [-0.4, -0.2) is 17.6 Å². The third-order valence-corrected chi connectivity index (χ3v) is 4.50. The maximum atomic E-state index is 12.2. The Labute approximate surface area is 137 Å². The molecule has 3 rings (SSSR count). The molecular weight excluding hydrogens is 286 g/mol. The number of nitrogens with one attached hydrogen (secondary N) is 2. The second kappa shape index (κ2) is 6.03. The number of urea groups is 1. The summed E-state index contributed by atoms with van der Waals surface area (Å²) in [4.78, 5) is 16.5. The Morgan fingerprint density at radius 1 is 1.13 bits per heavy atom. The number of hydrogen-bond donors (Lipinski definition) is 2. The zero-order valence-corrected chi connectivity index (χ0v) is 13.9. The lowest BCUT2D eigenvalue weighted by Crippen LogP contribution is -2.38. The number of aryl methyl sites for hydroxylation is 2. The Balaban J connectivity index is 1.57. The van der Waals surface area contributed by atoms with E-state index in [1.807, 2.05) is 26.0 Å². The molecular formula is C19H23N3O. The van der Waals surface area contributed by atoms with E-state index in [4.69, 9.17) is 0 Å². The van der Waals surface area contributed by atoms with Gasteiger partial charge in [0, 0.05) is 12.2 Å². The minimum atomic E-state index is -0.170. The summed E-state index contributed by atoms with van der Waals surface area (Å²) < 4.78 is 0. The number of hydrogen-bond acceptors (Lipinski definition) is 2. The molecule has 2 N–H and O–H groups in total. The second-order valence-corrected chi connectivity index (χ2v) is 6.83. The quantitative estimate of drug-likeness (QED) is 0.909. The van der Waals surface area contributed by atoms with Gasteiger partial charge in [0.1, 0.15) is 0 Å². The van der Waals surface area contributed by atoms with Crippen molar-refractivity contribution in [2.24, 2.45) is 5.41 Å². The molecule has 2 aromatic rings. The van der Waals surface area contributed by atoms with Gasteiger partial charge >= 0.3 is 6.03 Å². The molecule has 120 valence electrons. The molecule has 2 amide bonds. The average molecular weight is 309 g/mol. The van der Waals surface area contributed by atoms with Gasteiger partial charge in [-0.1, -0.05) is 31.2 Å². The number of benzene rings is 1. The molecule has 0 fully saturated rings. The lowest BCUT2D eigenvalue weighted by Gasteiger charge is -2.24. The van der Waals surface area contributed by atoms with Crippen LogP contribution >= 0.6 is 0 Å². The fraction of sp³-hybridized carbons (Fsp3) is 0.368. The van der Waals surface area contributed by atoms with Gasteiger partial charge in [0.05, 0.1) is 11.4 Å². The molecule has 0 unspecified atom stereocenters. The number of carbonyl (C=O) groups excluding carboxylic acids is 1. The van der Waals surface area contributed by atoms with E-state index >= 15 is 0 Å². The molecule has 4 nitrogen and oxygen atoms in total. The van der Waals surface area contributed by atoms with E-state index in [0.29, 0.717) is 6.54 Å². The monoisotopic (exact) mass is 309 g/mol. The van der Waals surface area contributed by atoms with E-state index in [-0.39, 0.29) is 11.4 Å². The van der Waals surface area contributed by atoms with Crippen LogP contribution in [0.3, 0.4) is 0 Å². The van der Waals surface area contributed by atoms with Crippen LogP contribution < -0.4 is 10.6 Å². The summed E-state index contributed by atoms with van der Waals surface area (Å²) in [6.07, 6.45) is 2.02. The zero-order chi connectivity index (χ0) is 16.4. The largest absolute Gasteiger partial charge is 0.337 e. The molecule has 1 aromatic carbocycles. The van der Waals surface area contributed by atoms with Gasteiger partial charge in [-0.2, -0.15) is 0 Å². The topological polar surface area (TPSA) is 54.0 Å². The Morgan fingerprint density at radius 3 is 2.39 bits per heavy atom. The van der Waals surface area contributed by atoms with Crippen LogP contribution in [0.15, 0.2) is 36.4 Å². The predicted octanol–water partition coefficient (Wildman–Crippen LogP) is 3.63. The van der Waals surface area contributed by atoms with Crippen LogP contribution in [0.4, 0.5) is 10.5 Å². The van der Waals surface area contributed by atoms with Crippen molar-refractivity contribution in [1.82, 2.24) is 10.3 Å².